The van der Waals surface area contributed by atoms with Crippen molar-refractivity contribution in [3.05, 3.63) is 22.7 Å². The van der Waals surface area contributed by atoms with Gasteiger partial charge in [-0.15, -0.1) is 0 Å². The average molecular weight is 376 g/mol. The molecule has 0 spiro atoms. The van der Waals surface area contributed by atoms with Gasteiger partial charge in [0, 0.05) is 18.2 Å². The van der Waals surface area contributed by atoms with Crippen LogP contribution in [0.2, 0.25) is 0 Å². The lowest BCUT2D eigenvalue weighted by Crippen LogP contribution is -2.27. The maximum atomic E-state index is 12.7. The van der Waals surface area contributed by atoms with E-state index in [1.807, 2.05) is 0 Å². The zero-order valence-corrected chi connectivity index (χ0v) is 15.6. The van der Waals surface area contributed by atoms with Crippen LogP contribution >= 0.6 is 7.60 Å². The van der Waals surface area contributed by atoms with E-state index in [4.69, 9.17) is 18.5 Å². The SMILES string of the molecule is CCOP(=O)(C[C@H]1C[C@H](n2ccc(OC)nc2=O)O[C@@H]1CO)OCC. The molecule has 0 bridgehead atoms. The zero-order chi connectivity index (χ0) is 18.4. The Morgan fingerprint density at radius 3 is 2.60 bits per heavy atom. The van der Waals surface area contributed by atoms with Crippen molar-refractivity contribution in [2.75, 3.05) is 33.1 Å². The van der Waals surface area contributed by atoms with E-state index in [1.54, 1.807) is 19.9 Å². The molecule has 1 N–H and O–H groups in total. The fourth-order valence-electron chi connectivity index (χ4n) is 2.90. The number of hydrogen-bond donors (Lipinski definition) is 1. The summed E-state index contributed by atoms with van der Waals surface area (Å²) in [5, 5.41) is 9.59. The van der Waals surface area contributed by atoms with Crippen molar-refractivity contribution in [2.24, 2.45) is 5.92 Å². The van der Waals surface area contributed by atoms with E-state index < -0.39 is 25.6 Å². The van der Waals surface area contributed by atoms with Crippen LogP contribution in [0.3, 0.4) is 0 Å². The molecule has 1 aromatic rings. The van der Waals surface area contributed by atoms with Gasteiger partial charge in [-0.05, 0) is 20.3 Å². The molecule has 0 saturated carbocycles. The largest absolute Gasteiger partial charge is 0.481 e. The van der Waals surface area contributed by atoms with E-state index >= 15 is 0 Å². The summed E-state index contributed by atoms with van der Waals surface area (Å²) in [6, 6.07) is 1.55. The van der Waals surface area contributed by atoms with Crippen molar-refractivity contribution in [3.63, 3.8) is 0 Å². The summed E-state index contributed by atoms with van der Waals surface area (Å²) in [5.41, 5.74) is -0.514. The smallest absolute Gasteiger partial charge is 0.352 e. The first-order valence-electron chi connectivity index (χ1n) is 8.24. The van der Waals surface area contributed by atoms with Crippen LogP contribution in [0.4, 0.5) is 0 Å². The minimum absolute atomic E-state index is 0.120. The second kappa shape index (κ2) is 8.91. The Bertz CT molecular complexity index is 656. The molecule has 0 aromatic carbocycles. The van der Waals surface area contributed by atoms with Gasteiger partial charge < -0.3 is 23.6 Å². The van der Waals surface area contributed by atoms with Gasteiger partial charge in [0.2, 0.25) is 5.88 Å². The fourth-order valence-corrected chi connectivity index (χ4v) is 4.93. The van der Waals surface area contributed by atoms with Crippen LogP contribution in [-0.2, 0) is 18.3 Å². The van der Waals surface area contributed by atoms with Crippen molar-refractivity contribution in [2.45, 2.75) is 32.6 Å². The number of rotatable bonds is 9. The highest BCUT2D eigenvalue weighted by Crippen LogP contribution is 2.52. The predicted octanol–water partition coefficient (Wildman–Crippen LogP) is 1.41. The van der Waals surface area contributed by atoms with Crippen LogP contribution in [0.15, 0.2) is 17.1 Å². The molecule has 1 aliphatic heterocycles. The summed E-state index contributed by atoms with van der Waals surface area (Å²) in [4.78, 5) is 15.9. The number of aliphatic hydroxyl groups is 1. The first-order chi connectivity index (χ1) is 12.0. The number of hydrogen-bond acceptors (Lipinski definition) is 8. The molecule has 10 heteroatoms. The third-order valence-electron chi connectivity index (χ3n) is 3.98. The summed E-state index contributed by atoms with van der Waals surface area (Å²) in [7, 11) is -1.85. The van der Waals surface area contributed by atoms with Crippen LogP contribution in [0.1, 0.15) is 26.5 Å². The summed E-state index contributed by atoms with van der Waals surface area (Å²) >= 11 is 0. The van der Waals surface area contributed by atoms with Gasteiger partial charge in [0.1, 0.15) is 6.23 Å². The summed E-state index contributed by atoms with van der Waals surface area (Å²) in [5.74, 6) is -0.0559. The molecule has 142 valence electrons. The van der Waals surface area contributed by atoms with Gasteiger partial charge in [0.05, 0.1) is 39.2 Å². The van der Waals surface area contributed by atoms with Crippen molar-refractivity contribution in [1.82, 2.24) is 9.55 Å². The summed E-state index contributed by atoms with van der Waals surface area (Å²) in [6.45, 7) is 3.76. The minimum Gasteiger partial charge on any atom is -0.481 e. The third-order valence-corrected chi connectivity index (χ3v) is 6.19. The summed E-state index contributed by atoms with van der Waals surface area (Å²) < 4.78 is 35.4. The average Bonchev–Trinajstić information content (AvgIpc) is 2.97. The molecule has 1 aromatic heterocycles. The zero-order valence-electron chi connectivity index (χ0n) is 14.7. The number of aliphatic hydroxyl groups excluding tert-OH is 1. The molecule has 1 fully saturated rings. The lowest BCUT2D eigenvalue weighted by molar-refractivity contribution is -0.0315. The number of aromatic nitrogens is 2. The van der Waals surface area contributed by atoms with E-state index in [-0.39, 0.29) is 37.8 Å². The van der Waals surface area contributed by atoms with E-state index in [1.165, 1.54) is 17.9 Å². The molecule has 0 unspecified atom stereocenters. The van der Waals surface area contributed by atoms with Crippen LogP contribution in [-0.4, -0.2) is 53.9 Å². The summed E-state index contributed by atoms with van der Waals surface area (Å²) in [6.07, 6.45) is 0.872. The molecule has 0 radical (unpaired) electrons. The quantitative estimate of drug-likeness (QED) is 0.645. The molecule has 1 saturated heterocycles. The van der Waals surface area contributed by atoms with Crippen molar-refractivity contribution in [3.8, 4) is 5.88 Å². The maximum absolute atomic E-state index is 12.7. The van der Waals surface area contributed by atoms with Gasteiger partial charge in [0.25, 0.3) is 0 Å². The molecule has 1 aliphatic rings. The first-order valence-corrected chi connectivity index (χ1v) is 9.96. The minimum atomic E-state index is -3.28. The Kier molecular flexibility index (Phi) is 7.15. The van der Waals surface area contributed by atoms with Crippen LogP contribution in [0.5, 0.6) is 5.88 Å². The van der Waals surface area contributed by atoms with Crippen molar-refractivity contribution >= 4 is 7.60 Å². The molecule has 2 heterocycles. The van der Waals surface area contributed by atoms with E-state index in [2.05, 4.69) is 4.98 Å². The topological polar surface area (TPSA) is 109 Å². The lowest BCUT2D eigenvalue weighted by Gasteiger charge is -2.22. The van der Waals surface area contributed by atoms with Gasteiger partial charge in [-0.1, -0.05) is 0 Å². The predicted molar refractivity (Wildman–Crippen MR) is 89.9 cm³/mol. The van der Waals surface area contributed by atoms with Crippen molar-refractivity contribution in [1.29, 1.82) is 0 Å². The Morgan fingerprint density at radius 2 is 2.08 bits per heavy atom. The highest BCUT2D eigenvalue weighted by atomic mass is 31.2. The second-order valence-electron chi connectivity index (χ2n) is 5.60. The Morgan fingerprint density at radius 1 is 1.40 bits per heavy atom. The van der Waals surface area contributed by atoms with E-state index in [9.17, 15) is 14.5 Å². The molecular formula is C15H25N2O7P. The van der Waals surface area contributed by atoms with Crippen LogP contribution in [0.25, 0.3) is 0 Å². The monoisotopic (exact) mass is 376 g/mol. The van der Waals surface area contributed by atoms with Crippen molar-refractivity contribution < 1.29 is 28.2 Å². The number of ether oxygens (including phenoxy) is 2. The number of nitrogens with zero attached hydrogens (tertiary/aromatic N) is 2. The molecule has 2 rings (SSSR count). The first kappa shape index (κ1) is 20.1. The Balaban J connectivity index is 2.17. The molecule has 3 atom stereocenters. The van der Waals surface area contributed by atoms with Gasteiger partial charge >= 0.3 is 13.3 Å². The van der Waals surface area contributed by atoms with E-state index in [0.717, 1.165) is 0 Å². The van der Waals surface area contributed by atoms with Crippen LogP contribution < -0.4 is 10.4 Å². The van der Waals surface area contributed by atoms with Gasteiger partial charge in [0.15, 0.2) is 0 Å². The normalized spacial score (nSPS) is 23.8. The molecular weight excluding hydrogens is 351 g/mol. The highest BCUT2D eigenvalue weighted by Gasteiger charge is 2.41. The lowest BCUT2D eigenvalue weighted by atomic mass is 10.0. The van der Waals surface area contributed by atoms with Gasteiger partial charge in [-0.25, -0.2) is 4.79 Å². The molecule has 0 aliphatic carbocycles. The maximum Gasteiger partial charge on any atom is 0.352 e. The molecule has 25 heavy (non-hydrogen) atoms. The molecule has 0 amide bonds. The fraction of sp³-hybridized carbons (Fsp3) is 0.733. The Hall–Kier alpha value is -1.25. The second-order valence-corrected chi connectivity index (χ2v) is 7.70. The van der Waals surface area contributed by atoms with Gasteiger partial charge in [-0.3, -0.25) is 9.13 Å². The van der Waals surface area contributed by atoms with Crippen LogP contribution in [0, 0.1) is 5.92 Å². The highest BCUT2D eigenvalue weighted by molar-refractivity contribution is 7.53. The van der Waals surface area contributed by atoms with E-state index in [0.29, 0.717) is 6.42 Å². The molecule has 9 nitrogen and oxygen atoms in total. The third kappa shape index (κ3) is 4.89. The number of methoxy groups -OCH3 is 1. The Labute approximate surface area is 146 Å². The van der Waals surface area contributed by atoms with Gasteiger partial charge in [-0.2, -0.15) is 4.98 Å². The standard InChI is InChI=1S/C15H25N2O7P/c1-4-22-25(20,23-5-2)10-11-8-14(24-12(11)9-18)17-7-6-13(21-3)16-15(17)19/h6-7,11-12,14,18H,4-5,8-10H2,1-3H3/t11-,12-,14-/m1/s1.